The first-order chi connectivity index (χ1) is 15.7. The highest BCUT2D eigenvalue weighted by molar-refractivity contribution is 9.10. The van der Waals surface area contributed by atoms with Gasteiger partial charge in [0.05, 0.1) is 28.4 Å². The first kappa shape index (κ1) is 19.2. The molecule has 0 amide bonds. The maximum absolute atomic E-state index is 6.49. The fourth-order valence-corrected chi connectivity index (χ4v) is 4.98. The summed E-state index contributed by atoms with van der Waals surface area (Å²) in [5.74, 6) is 0. The van der Waals surface area contributed by atoms with Gasteiger partial charge in [-0.1, -0.05) is 72.2 Å². The van der Waals surface area contributed by atoms with E-state index in [0.717, 1.165) is 44.1 Å². The van der Waals surface area contributed by atoms with Crippen molar-refractivity contribution in [3.8, 4) is 0 Å². The van der Waals surface area contributed by atoms with Gasteiger partial charge in [0, 0.05) is 10.2 Å². The molecule has 4 heteroatoms. The van der Waals surface area contributed by atoms with Crippen molar-refractivity contribution >= 4 is 74.1 Å². The summed E-state index contributed by atoms with van der Waals surface area (Å²) < 4.78 is 1.04. The molecule has 0 spiro atoms. The van der Waals surface area contributed by atoms with Crippen molar-refractivity contribution in [1.29, 1.82) is 0 Å². The van der Waals surface area contributed by atoms with Crippen LogP contribution < -0.4 is 15.3 Å². The zero-order valence-corrected chi connectivity index (χ0v) is 18.8. The Morgan fingerprint density at radius 1 is 0.469 bits per heavy atom. The molecule has 0 bridgehead atoms. The molecule has 0 atom stereocenters. The summed E-state index contributed by atoms with van der Waals surface area (Å²) in [6.07, 6.45) is 0. The summed E-state index contributed by atoms with van der Waals surface area (Å²) >= 11 is 3.78. The van der Waals surface area contributed by atoms with Crippen LogP contribution in [0, 0.1) is 0 Å². The number of para-hydroxylation sites is 4. The van der Waals surface area contributed by atoms with Crippen LogP contribution in [-0.4, -0.2) is 7.85 Å². The summed E-state index contributed by atoms with van der Waals surface area (Å²) in [4.78, 5) is 4.61. The molecule has 2 nitrogen and oxygen atoms in total. The maximum atomic E-state index is 6.49. The second-order valence-corrected chi connectivity index (χ2v) is 8.71. The third-order valence-electron chi connectivity index (χ3n) is 5.96. The maximum Gasteiger partial charge on any atom is 0.116 e. The average molecular weight is 473 g/mol. The minimum atomic E-state index is 0.746. The average Bonchev–Trinajstić information content (AvgIpc) is 2.83. The van der Waals surface area contributed by atoms with E-state index in [-0.39, 0.29) is 0 Å². The molecule has 0 aliphatic carbocycles. The van der Waals surface area contributed by atoms with Crippen LogP contribution in [0.25, 0.3) is 10.8 Å². The SMILES string of the molecule is [B]c1ccccc1N1c2ccccc2N(c2ccccc2Br)c2cc3ccccc3cc21. The number of fused-ring (bicyclic) bond motifs is 3. The highest BCUT2D eigenvalue weighted by atomic mass is 79.9. The number of halogens is 1. The van der Waals surface area contributed by atoms with Gasteiger partial charge in [-0.3, -0.25) is 0 Å². The lowest BCUT2D eigenvalue weighted by molar-refractivity contribution is 1.17. The van der Waals surface area contributed by atoms with Crippen LogP contribution in [0.2, 0.25) is 0 Å². The van der Waals surface area contributed by atoms with Gasteiger partial charge in [0.2, 0.25) is 0 Å². The van der Waals surface area contributed by atoms with Crippen LogP contribution in [0.3, 0.4) is 0 Å². The second kappa shape index (κ2) is 7.58. The van der Waals surface area contributed by atoms with Crippen molar-refractivity contribution in [2.75, 3.05) is 9.80 Å². The summed E-state index contributed by atoms with van der Waals surface area (Å²) in [6, 6.07) is 37.9. The molecule has 1 heterocycles. The number of nitrogens with zero attached hydrogens (tertiary/aromatic N) is 2. The normalized spacial score (nSPS) is 12.5. The van der Waals surface area contributed by atoms with Crippen LogP contribution in [-0.2, 0) is 0 Å². The second-order valence-electron chi connectivity index (χ2n) is 7.86. The first-order valence-electron chi connectivity index (χ1n) is 10.5. The van der Waals surface area contributed by atoms with Crippen LogP contribution >= 0.6 is 15.9 Å². The highest BCUT2D eigenvalue weighted by Crippen LogP contribution is 2.55. The Hall–Kier alpha value is -3.50. The van der Waals surface area contributed by atoms with Crippen molar-refractivity contribution in [1.82, 2.24) is 0 Å². The van der Waals surface area contributed by atoms with E-state index in [0.29, 0.717) is 0 Å². The molecule has 0 unspecified atom stereocenters. The quantitative estimate of drug-likeness (QED) is 0.239. The fraction of sp³-hybridized carbons (Fsp3) is 0. The summed E-state index contributed by atoms with van der Waals surface area (Å²) in [5.41, 5.74) is 7.21. The van der Waals surface area contributed by atoms with Gasteiger partial charge in [0.1, 0.15) is 7.85 Å². The van der Waals surface area contributed by atoms with E-state index in [1.807, 2.05) is 24.3 Å². The molecule has 6 rings (SSSR count). The molecule has 0 fully saturated rings. The van der Waals surface area contributed by atoms with E-state index in [2.05, 4.69) is 111 Å². The van der Waals surface area contributed by atoms with Gasteiger partial charge in [-0.25, -0.2) is 0 Å². The molecule has 5 aromatic carbocycles. The molecule has 5 aromatic rings. The molecule has 1 aliphatic heterocycles. The lowest BCUT2D eigenvalue weighted by atomic mass is 9.92. The van der Waals surface area contributed by atoms with E-state index in [1.54, 1.807) is 0 Å². The van der Waals surface area contributed by atoms with E-state index in [9.17, 15) is 0 Å². The van der Waals surface area contributed by atoms with Gasteiger partial charge in [-0.2, -0.15) is 0 Å². The minimum absolute atomic E-state index is 0.746. The molecule has 0 saturated carbocycles. The third kappa shape index (κ3) is 2.95. The van der Waals surface area contributed by atoms with Gasteiger partial charge in [0.15, 0.2) is 0 Å². The zero-order chi connectivity index (χ0) is 21.7. The van der Waals surface area contributed by atoms with Crippen LogP contribution in [0.1, 0.15) is 0 Å². The molecule has 1 aliphatic rings. The smallest absolute Gasteiger partial charge is 0.116 e. The van der Waals surface area contributed by atoms with Crippen molar-refractivity contribution in [2.24, 2.45) is 0 Å². The van der Waals surface area contributed by atoms with E-state index < -0.39 is 0 Å². The van der Waals surface area contributed by atoms with Crippen molar-refractivity contribution in [2.45, 2.75) is 0 Å². The molecular weight excluding hydrogens is 455 g/mol. The Kier molecular flexibility index (Phi) is 4.55. The summed E-state index contributed by atoms with van der Waals surface area (Å²) in [5, 5.41) is 2.39. The molecule has 0 N–H and O–H groups in total. The largest absolute Gasteiger partial charge is 0.307 e. The molecule has 0 aromatic heterocycles. The van der Waals surface area contributed by atoms with Crippen LogP contribution in [0.4, 0.5) is 34.1 Å². The Bertz CT molecular complexity index is 1370. The number of rotatable bonds is 2. The third-order valence-corrected chi connectivity index (χ3v) is 6.63. The Balaban J connectivity index is 1.73. The Morgan fingerprint density at radius 2 is 0.906 bits per heavy atom. The predicted octanol–water partition coefficient (Wildman–Crippen LogP) is 7.65. The van der Waals surface area contributed by atoms with Gasteiger partial charge in [-0.15, -0.1) is 0 Å². The summed E-state index contributed by atoms with van der Waals surface area (Å²) in [7, 11) is 6.49. The highest BCUT2D eigenvalue weighted by Gasteiger charge is 2.31. The lowest BCUT2D eigenvalue weighted by Crippen LogP contribution is -2.27. The van der Waals surface area contributed by atoms with E-state index in [1.165, 1.54) is 10.8 Å². The lowest BCUT2D eigenvalue weighted by Gasteiger charge is -2.41. The van der Waals surface area contributed by atoms with Crippen molar-refractivity contribution in [3.05, 3.63) is 114 Å². The number of anilines is 6. The molecule has 150 valence electrons. The molecule has 2 radical (unpaired) electrons. The molecule has 0 saturated heterocycles. The fourth-order valence-electron chi connectivity index (χ4n) is 4.52. The van der Waals surface area contributed by atoms with Gasteiger partial charge in [-0.05, 0) is 69.2 Å². The first-order valence-corrected chi connectivity index (χ1v) is 11.3. The standard InChI is InChI=1S/C28H18BBrN2/c29-21-11-3-5-13-23(21)31-25-15-7-8-16-26(25)32(24-14-6-4-12-22(24)30)28-18-20-10-2-1-9-19(20)17-27(28)31/h1-18H. The van der Waals surface area contributed by atoms with Crippen molar-refractivity contribution in [3.63, 3.8) is 0 Å². The van der Waals surface area contributed by atoms with E-state index in [4.69, 9.17) is 7.85 Å². The molecule has 32 heavy (non-hydrogen) atoms. The topological polar surface area (TPSA) is 6.48 Å². The van der Waals surface area contributed by atoms with Crippen LogP contribution in [0.5, 0.6) is 0 Å². The number of benzene rings is 5. The van der Waals surface area contributed by atoms with Gasteiger partial charge < -0.3 is 9.80 Å². The van der Waals surface area contributed by atoms with Gasteiger partial charge in [0.25, 0.3) is 0 Å². The van der Waals surface area contributed by atoms with Gasteiger partial charge >= 0.3 is 0 Å². The Morgan fingerprint density at radius 3 is 1.47 bits per heavy atom. The zero-order valence-electron chi connectivity index (χ0n) is 17.2. The Labute approximate surface area is 197 Å². The number of hydrogen-bond donors (Lipinski definition) is 0. The van der Waals surface area contributed by atoms with Crippen molar-refractivity contribution < 1.29 is 0 Å². The van der Waals surface area contributed by atoms with Crippen LogP contribution in [0.15, 0.2) is 114 Å². The summed E-state index contributed by atoms with van der Waals surface area (Å²) in [6.45, 7) is 0. The molecular formula is C28H18BBrN2. The number of hydrogen-bond acceptors (Lipinski definition) is 2. The van der Waals surface area contributed by atoms with E-state index >= 15 is 0 Å². The predicted molar refractivity (Wildman–Crippen MR) is 140 cm³/mol. The monoisotopic (exact) mass is 472 g/mol. The minimum Gasteiger partial charge on any atom is -0.307 e.